The van der Waals surface area contributed by atoms with Crippen molar-refractivity contribution in [3.8, 4) is 0 Å². The maximum absolute atomic E-state index is 12.3. The fraction of sp³-hybridized carbons (Fsp3) is 0.929. The lowest BCUT2D eigenvalue weighted by molar-refractivity contribution is -0.133. The highest BCUT2D eigenvalue weighted by Gasteiger charge is 2.24. The van der Waals surface area contributed by atoms with Crippen molar-refractivity contribution in [3.05, 3.63) is 0 Å². The molecule has 100 valence electrons. The molecule has 1 amide bonds. The minimum atomic E-state index is 0.0493. The van der Waals surface area contributed by atoms with E-state index in [1.807, 2.05) is 0 Å². The predicted molar refractivity (Wildman–Crippen MR) is 71.8 cm³/mol. The molecule has 0 spiro atoms. The second-order valence-electron chi connectivity index (χ2n) is 5.25. The topological polar surface area (TPSA) is 46.3 Å². The van der Waals surface area contributed by atoms with Crippen LogP contribution in [-0.2, 0) is 4.79 Å². The second kappa shape index (κ2) is 7.70. The van der Waals surface area contributed by atoms with Crippen molar-refractivity contribution in [2.45, 2.75) is 77.3 Å². The van der Waals surface area contributed by atoms with Crippen LogP contribution in [0.3, 0.4) is 0 Å². The van der Waals surface area contributed by atoms with Gasteiger partial charge in [-0.15, -0.1) is 0 Å². The van der Waals surface area contributed by atoms with Crippen LogP contribution in [0.5, 0.6) is 0 Å². The lowest BCUT2D eigenvalue weighted by Crippen LogP contribution is -2.42. The lowest BCUT2D eigenvalue weighted by atomic mass is 10.1. The number of amides is 1. The van der Waals surface area contributed by atoms with Crippen molar-refractivity contribution in [2.75, 3.05) is 6.54 Å². The normalized spacial score (nSPS) is 23.2. The Morgan fingerprint density at radius 3 is 2.76 bits per heavy atom. The highest BCUT2D eigenvalue weighted by Crippen LogP contribution is 2.20. The summed E-state index contributed by atoms with van der Waals surface area (Å²) in [6.07, 6.45) is 8.49. The molecule has 3 nitrogen and oxygen atoms in total. The summed E-state index contributed by atoms with van der Waals surface area (Å²) >= 11 is 0. The van der Waals surface area contributed by atoms with Crippen molar-refractivity contribution in [1.82, 2.24) is 4.90 Å². The van der Waals surface area contributed by atoms with E-state index in [-0.39, 0.29) is 11.9 Å². The first kappa shape index (κ1) is 14.5. The average Bonchev–Trinajstić information content (AvgIpc) is 2.53. The molecular weight excluding hydrogens is 212 g/mol. The van der Waals surface area contributed by atoms with Gasteiger partial charge in [-0.1, -0.05) is 33.1 Å². The molecule has 0 radical (unpaired) electrons. The first-order valence-corrected chi connectivity index (χ1v) is 7.24. The van der Waals surface area contributed by atoms with E-state index in [9.17, 15) is 4.79 Å². The summed E-state index contributed by atoms with van der Waals surface area (Å²) in [5, 5.41) is 0. The Kier molecular flexibility index (Phi) is 6.56. The van der Waals surface area contributed by atoms with Crippen LogP contribution in [0.2, 0.25) is 0 Å². The number of hydrogen-bond donors (Lipinski definition) is 1. The van der Waals surface area contributed by atoms with Crippen LogP contribution >= 0.6 is 0 Å². The van der Waals surface area contributed by atoms with Gasteiger partial charge in [-0.3, -0.25) is 4.79 Å². The Balaban J connectivity index is 2.51. The first-order chi connectivity index (χ1) is 8.19. The van der Waals surface area contributed by atoms with Crippen LogP contribution in [-0.4, -0.2) is 29.4 Å². The molecule has 2 N–H and O–H groups in total. The van der Waals surface area contributed by atoms with Gasteiger partial charge in [-0.05, 0) is 25.7 Å². The maximum atomic E-state index is 12.3. The zero-order chi connectivity index (χ0) is 12.7. The molecule has 0 aliphatic carbocycles. The molecule has 1 heterocycles. The van der Waals surface area contributed by atoms with Gasteiger partial charge in [0.1, 0.15) is 0 Å². The van der Waals surface area contributed by atoms with E-state index in [0.717, 1.165) is 32.2 Å². The zero-order valence-electron chi connectivity index (χ0n) is 11.5. The van der Waals surface area contributed by atoms with E-state index in [0.29, 0.717) is 12.5 Å². The third-order valence-corrected chi connectivity index (χ3v) is 3.77. The van der Waals surface area contributed by atoms with Crippen LogP contribution in [0.1, 0.15) is 65.2 Å². The van der Waals surface area contributed by atoms with E-state index in [1.165, 1.54) is 19.3 Å². The number of nitrogens with zero attached hydrogens (tertiary/aromatic N) is 1. The lowest BCUT2D eigenvalue weighted by Gasteiger charge is -2.30. The average molecular weight is 240 g/mol. The number of carbonyl (C=O) groups excluding carboxylic acids is 1. The van der Waals surface area contributed by atoms with Gasteiger partial charge in [0.05, 0.1) is 0 Å². The first-order valence-electron chi connectivity index (χ1n) is 7.24. The minimum absolute atomic E-state index is 0.0493. The fourth-order valence-electron chi connectivity index (χ4n) is 2.74. The molecule has 0 saturated carbocycles. The molecule has 1 fully saturated rings. The SMILES string of the molecule is CCCC(N)CC(=O)N1CCCCCC1CC. The summed E-state index contributed by atoms with van der Waals surface area (Å²) in [6.45, 7) is 5.24. The molecule has 1 rings (SSSR count). The standard InChI is InChI=1S/C14H28N2O/c1-3-8-12(15)11-14(17)16-10-7-5-6-9-13(16)4-2/h12-13H,3-11,15H2,1-2H3. The zero-order valence-corrected chi connectivity index (χ0v) is 11.5. The van der Waals surface area contributed by atoms with Gasteiger partial charge in [-0.25, -0.2) is 0 Å². The molecule has 1 saturated heterocycles. The predicted octanol–water partition coefficient (Wildman–Crippen LogP) is 2.69. The van der Waals surface area contributed by atoms with Crippen LogP contribution in [0.4, 0.5) is 0 Å². The van der Waals surface area contributed by atoms with Gasteiger partial charge in [0.2, 0.25) is 5.91 Å². The summed E-state index contributed by atoms with van der Waals surface area (Å²) < 4.78 is 0. The number of hydrogen-bond acceptors (Lipinski definition) is 2. The Labute approximate surface area is 106 Å². The van der Waals surface area contributed by atoms with Gasteiger partial charge in [0, 0.05) is 25.0 Å². The Bertz CT molecular complexity index is 230. The molecule has 0 aromatic rings. The summed E-state index contributed by atoms with van der Waals surface area (Å²) in [5.41, 5.74) is 5.97. The molecule has 0 aromatic heterocycles. The molecule has 1 aliphatic rings. The second-order valence-corrected chi connectivity index (χ2v) is 5.25. The van der Waals surface area contributed by atoms with Crippen LogP contribution in [0, 0.1) is 0 Å². The van der Waals surface area contributed by atoms with Gasteiger partial charge in [0.25, 0.3) is 0 Å². The van der Waals surface area contributed by atoms with Crippen molar-refractivity contribution in [2.24, 2.45) is 5.73 Å². The van der Waals surface area contributed by atoms with Crippen LogP contribution in [0.25, 0.3) is 0 Å². The van der Waals surface area contributed by atoms with Gasteiger partial charge in [0.15, 0.2) is 0 Å². The Morgan fingerprint density at radius 1 is 1.35 bits per heavy atom. The van der Waals surface area contributed by atoms with E-state index in [4.69, 9.17) is 5.73 Å². The summed E-state index contributed by atoms with van der Waals surface area (Å²) in [6, 6.07) is 0.507. The minimum Gasteiger partial charge on any atom is -0.340 e. The third kappa shape index (κ3) is 4.66. The monoisotopic (exact) mass is 240 g/mol. The number of rotatable bonds is 5. The highest BCUT2D eigenvalue weighted by atomic mass is 16.2. The van der Waals surface area contributed by atoms with Crippen LogP contribution < -0.4 is 5.73 Å². The summed E-state index contributed by atoms with van der Waals surface area (Å²) in [7, 11) is 0. The highest BCUT2D eigenvalue weighted by molar-refractivity contribution is 5.77. The number of nitrogens with two attached hydrogens (primary N) is 1. The van der Waals surface area contributed by atoms with Gasteiger partial charge < -0.3 is 10.6 Å². The van der Waals surface area contributed by atoms with Gasteiger partial charge >= 0.3 is 0 Å². The third-order valence-electron chi connectivity index (χ3n) is 3.77. The molecule has 1 aliphatic heterocycles. The molecule has 2 atom stereocenters. The maximum Gasteiger partial charge on any atom is 0.224 e. The van der Waals surface area contributed by atoms with Crippen molar-refractivity contribution in [3.63, 3.8) is 0 Å². The number of carbonyl (C=O) groups is 1. The number of likely N-dealkylation sites (tertiary alicyclic amines) is 1. The quantitative estimate of drug-likeness (QED) is 0.803. The summed E-state index contributed by atoms with van der Waals surface area (Å²) in [4.78, 5) is 14.4. The fourth-order valence-corrected chi connectivity index (χ4v) is 2.74. The van der Waals surface area contributed by atoms with E-state index in [2.05, 4.69) is 18.7 Å². The molecular formula is C14H28N2O. The van der Waals surface area contributed by atoms with Crippen LogP contribution in [0.15, 0.2) is 0 Å². The Morgan fingerprint density at radius 2 is 2.12 bits per heavy atom. The molecule has 0 bridgehead atoms. The molecule has 0 aromatic carbocycles. The largest absolute Gasteiger partial charge is 0.340 e. The Hall–Kier alpha value is -0.570. The summed E-state index contributed by atoms with van der Waals surface area (Å²) in [5.74, 6) is 0.278. The van der Waals surface area contributed by atoms with Crippen molar-refractivity contribution < 1.29 is 4.79 Å². The van der Waals surface area contributed by atoms with E-state index >= 15 is 0 Å². The molecule has 3 heteroatoms. The smallest absolute Gasteiger partial charge is 0.224 e. The van der Waals surface area contributed by atoms with Crippen molar-refractivity contribution >= 4 is 5.91 Å². The van der Waals surface area contributed by atoms with E-state index in [1.54, 1.807) is 0 Å². The van der Waals surface area contributed by atoms with Gasteiger partial charge in [-0.2, -0.15) is 0 Å². The van der Waals surface area contributed by atoms with Crippen molar-refractivity contribution in [1.29, 1.82) is 0 Å². The van der Waals surface area contributed by atoms with E-state index < -0.39 is 0 Å². The molecule has 2 unspecified atom stereocenters. The molecule has 17 heavy (non-hydrogen) atoms.